The molecule has 0 radical (unpaired) electrons. The maximum atomic E-state index is 13.2. The maximum absolute atomic E-state index is 13.2. The van der Waals surface area contributed by atoms with E-state index in [9.17, 15) is 19.2 Å². The Bertz CT molecular complexity index is 1250. The molecule has 2 aromatic carbocycles. The average molecular weight is 481 g/mol. The number of benzene rings is 2. The van der Waals surface area contributed by atoms with Gasteiger partial charge in [-0.25, -0.2) is 4.79 Å². The third-order valence-corrected chi connectivity index (χ3v) is 5.76. The first-order chi connectivity index (χ1) is 16.3. The predicted octanol–water partition coefficient (Wildman–Crippen LogP) is 3.98. The van der Waals surface area contributed by atoms with Crippen molar-refractivity contribution in [3.8, 4) is 0 Å². The molecule has 5 amide bonds. The van der Waals surface area contributed by atoms with Crippen LogP contribution in [-0.4, -0.2) is 35.2 Å². The van der Waals surface area contributed by atoms with E-state index < -0.39 is 35.8 Å². The molecule has 1 saturated heterocycles. The number of urea groups is 1. The van der Waals surface area contributed by atoms with E-state index in [0.717, 1.165) is 4.90 Å². The van der Waals surface area contributed by atoms with E-state index in [4.69, 9.17) is 16.0 Å². The maximum Gasteiger partial charge on any atom is 0.325 e. The van der Waals surface area contributed by atoms with Crippen molar-refractivity contribution in [2.24, 2.45) is 0 Å². The molecule has 1 aliphatic heterocycles. The lowest BCUT2D eigenvalue weighted by Gasteiger charge is -2.25. The first kappa shape index (κ1) is 23.1. The van der Waals surface area contributed by atoms with Crippen LogP contribution in [0.25, 0.3) is 0 Å². The Balaban J connectivity index is 1.50. The number of rotatable bonds is 7. The monoisotopic (exact) mass is 480 g/mol. The van der Waals surface area contributed by atoms with Crippen LogP contribution in [0.1, 0.15) is 29.5 Å². The summed E-state index contributed by atoms with van der Waals surface area (Å²) in [5.41, 5.74) is -0.127. The predicted molar refractivity (Wildman–Crippen MR) is 125 cm³/mol. The zero-order valence-corrected chi connectivity index (χ0v) is 18.9. The molecule has 2 heterocycles. The Morgan fingerprint density at radius 2 is 1.79 bits per heavy atom. The Hall–Kier alpha value is -4.11. The second-order valence-corrected chi connectivity index (χ2v) is 8.05. The summed E-state index contributed by atoms with van der Waals surface area (Å²) in [5.74, 6) is -1.59. The Kier molecular flexibility index (Phi) is 6.38. The van der Waals surface area contributed by atoms with Gasteiger partial charge in [0.25, 0.3) is 11.8 Å². The molecule has 3 aromatic rings. The number of anilines is 2. The van der Waals surface area contributed by atoms with Crippen molar-refractivity contribution in [2.75, 3.05) is 17.2 Å². The van der Waals surface area contributed by atoms with Crippen molar-refractivity contribution in [2.45, 2.75) is 18.9 Å². The Labute approximate surface area is 200 Å². The van der Waals surface area contributed by atoms with Gasteiger partial charge < -0.3 is 20.4 Å². The van der Waals surface area contributed by atoms with Gasteiger partial charge in [0.15, 0.2) is 5.76 Å². The van der Waals surface area contributed by atoms with Gasteiger partial charge in [-0.2, -0.15) is 0 Å². The van der Waals surface area contributed by atoms with Gasteiger partial charge in [0, 0.05) is 5.02 Å². The van der Waals surface area contributed by atoms with Gasteiger partial charge in [0.2, 0.25) is 5.91 Å². The SMILES string of the molecule is CCC1(c2ccccc2)NC(=O)N(CC(=O)Nc2ccc(Cl)cc2NC(=O)c2ccco2)C1=O. The van der Waals surface area contributed by atoms with Gasteiger partial charge in [-0.3, -0.25) is 19.3 Å². The highest BCUT2D eigenvalue weighted by Crippen LogP contribution is 2.32. The smallest absolute Gasteiger partial charge is 0.325 e. The third-order valence-electron chi connectivity index (χ3n) is 5.52. The zero-order chi connectivity index (χ0) is 24.3. The number of hydrogen-bond donors (Lipinski definition) is 3. The van der Waals surface area contributed by atoms with Crippen LogP contribution in [0, 0.1) is 0 Å². The van der Waals surface area contributed by atoms with E-state index in [1.54, 1.807) is 37.3 Å². The van der Waals surface area contributed by atoms with Crippen molar-refractivity contribution in [1.82, 2.24) is 10.2 Å². The zero-order valence-electron chi connectivity index (χ0n) is 18.1. The number of carbonyl (C=O) groups is 4. The second-order valence-electron chi connectivity index (χ2n) is 7.62. The summed E-state index contributed by atoms with van der Waals surface area (Å²) in [6, 6.07) is 15.8. The second kappa shape index (κ2) is 9.40. The van der Waals surface area contributed by atoms with Crippen LogP contribution in [0.3, 0.4) is 0 Å². The van der Waals surface area contributed by atoms with Crippen LogP contribution in [0.5, 0.6) is 0 Å². The Morgan fingerprint density at radius 3 is 2.47 bits per heavy atom. The fraction of sp³-hybridized carbons (Fsp3) is 0.167. The van der Waals surface area contributed by atoms with Gasteiger partial charge in [-0.05, 0) is 42.3 Å². The van der Waals surface area contributed by atoms with Gasteiger partial charge in [0.05, 0.1) is 17.6 Å². The van der Waals surface area contributed by atoms with Gasteiger partial charge in [-0.1, -0.05) is 48.9 Å². The van der Waals surface area contributed by atoms with E-state index in [0.29, 0.717) is 17.0 Å². The molecule has 4 rings (SSSR count). The highest BCUT2D eigenvalue weighted by Gasteiger charge is 2.51. The van der Waals surface area contributed by atoms with E-state index in [1.807, 2.05) is 6.07 Å². The lowest BCUT2D eigenvalue weighted by Crippen LogP contribution is -2.44. The van der Waals surface area contributed by atoms with Gasteiger partial charge in [-0.15, -0.1) is 0 Å². The van der Waals surface area contributed by atoms with Crippen molar-refractivity contribution in [3.63, 3.8) is 0 Å². The molecule has 174 valence electrons. The molecular weight excluding hydrogens is 460 g/mol. The molecule has 10 heteroatoms. The topological polar surface area (TPSA) is 121 Å². The lowest BCUT2D eigenvalue weighted by molar-refractivity contribution is -0.134. The first-order valence-electron chi connectivity index (χ1n) is 10.5. The number of carbonyl (C=O) groups excluding carboxylic acids is 4. The van der Waals surface area contributed by atoms with Gasteiger partial charge in [0.1, 0.15) is 12.1 Å². The number of nitrogens with zero attached hydrogens (tertiary/aromatic N) is 1. The fourth-order valence-corrected chi connectivity index (χ4v) is 3.96. The minimum absolute atomic E-state index is 0.0772. The van der Waals surface area contributed by atoms with Crippen LogP contribution in [0.2, 0.25) is 5.02 Å². The standard InChI is InChI=1S/C24H21ClN4O5/c1-2-24(15-7-4-3-5-8-15)22(32)29(23(33)28-24)14-20(30)26-17-11-10-16(25)13-18(17)27-21(31)19-9-6-12-34-19/h3-13H,2,14H2,1H3,(H,26,30)(H,27,31)(H,28,33). The normalized spacial score (nSPS) is 17.4. The largest absolute Gasteiger partial charge is 0.459 e. The lowest BCUT2D eigenvalue weighted by atomic mass is 9.87. The number of imide groups is 1. The van der Waals surface area contributed by atoms with E-state index in [-0.39, 0.29) is 17.1 Å². The number of halogens is 1. The van der Waals surface area contributed by atoms with Crippen molar-refractivity contribution < 1.29 is 23.6 Å². The molecule has 1 aromatic heterocycles. The average Bonchev–Trinajstić information content (AvgIpc) is 3.45. The van der Waals surface area contributed by atoms with Gasteiger partial charge >= 0.3 is 6.03 Å². The van der Waals surface area contributed by atoms with Crippen LogP contribution in [0.15, 0.2) is 71.3 Å². The molecule has 1 aliphatic rings. The highest BCUT2D eigenvalue weighted by atomic mass is 35.5. The van der Waals surface area contributed by atoms with E-state index in [2.05, 4.69) is 16.0 Å². The molecule has 34 heavy (non-hydrogen) atoms. The van der Waals surface area contributed by atoms with Crippen LogP contribution in [0.4, 0.5) is 16.2 Å². The summed E-state index contributed by atoms with van der Waals surface area (Å²) in [6.07, 6.45) is 1.68. The van der Waals surface area contributed by atoms with Crippen LogP contribution >= 0.6 is 11.6 Å². The quantitative estimate of drug-likeness (QED) is 0.442. The van der Waals surface area contributed by atoms with Crippen LogP contribution in [-0.2, 0) is 15.1 Å². The minimum atomic E-state index is -1.24. The molecule has 1 unspecified atom stereocenters. The highest BCUT2D eigenvalue weighted by molar-refractivity contribution is 6.31. The Morgan fingerprint density at radius 1 is 1.03 bits per heavy atom. The first-order valence-corrected chi connectivity index (χ1v) is 10.9. The summed E-state index contributed by atoms with van der Waals surface area (Å²) in [6.45, 7) is 1.28. The fourth-order valence-electron chi connectivity index (χ4n) is 3.79. The van der Waals surface area contributed by atoms with Crippen LogP contribution < -0.4 is 16.0 Å². The number of hydrogen-bond acceptors (Lipinski definition) is 5. The molecule has 0 aliphatic carbocycles. The summed E-state index contributed by atoms with van der Waals surface area (Å²) in [4.78, 5) is 51.9. The van der Waals surface area contributed by atoms with E-state index >= 15 is 0 Å². The number of amides is 5. The summed E-state index contributed by atoms with van der Waals surface area (Å²) in [7, 11) is 0. The third kappa shape index (κ3) is 4.38. The number of nitrogens with one attached hydrogen (secondary N) is 3. The number of furan rings is 1. The molecule has 0 spiro atoms. The molecule has 9 nitrogen and oxygen atoms in total. The van der Waals surface area contributed by atoms with Crippen molar-refractivity contribution in [3.05, 3.63) is 83.3 Å². The molecule has 1 atom stereocenters. The van der Waals surface area contributed by atoms with E-state index in [1.165, 1.54) is 30.5 Å². The molecule has 3 N–H and O–H groups in total. The summed E-state index contributed by atoms with van der Waals surface area (Å²) < 4.78 is 5.08. The van der Waals surface area contributed by atoms with Crippen molar-refractivity contribution >= 4 is 46.7 Å². The summed E-state index contributed by atoms with van der Waals surface area (Å²) >= 11 is 6.05. The molecular formula is C24H21ClN4O5. The minimum Gasteiger partial charge on any atom is -0.459 e. The van der Waals surface area contributed by atoms with Crippen molar-refractivity contribution in [1.29, 1.82) is 0 Å². The molecule has 1 fully saturated rings. The molecule has 0 saturated carbocycles. The molecule has 0 bridgehead atoms. The summed E-state index contributed by atoms with van der Waals surface area (Å²) in [5, 5.41) is 8.31.